The topological polar surface area (TPSA) is 70.0 Å². The molecule has 4 nitrogen and oxygen atoms in total. The van der Waals surface area contributed by atoms with Crippen molar-refractivity contribution in [2.75, 3.05) is 17.6 Å². The Labute approximate surface area is 105 Å². The number of halogens is 1. The average Bonchev–Trinajstić information content (AvgIpc) is 2.66. The normalized spacial score (nSPS) is 21.4. The number of nitriles is 1. The summed E-state index contributed by atoms with van der Waals surface area (Å²) >= 11 is 0. The van der Waals surface area contributed by atoms with Crippen molar-refractivity contribution in [2.24, 2.45) is 0 Å². The number of anilines is 1. The monoisotopic (exact) mass is 268 g/mol. The van der Waals surface area contributed by atoms with E-state index in [0.717, 1.165) is 0 Å². The van der Waals surface area contributed by atoms with E-state index in [1.54, 1.807) is 12.1 Å². The van der Waals surface area contributed by atoms with Crippen molar-refractivity contribution >= 4 is 15.5 Å². The first kappa shape index (κ1) is 12.8. The van der Waals surface area contributed by atoms with E-state index in [1.807, 2.05) is 0 Å². The molecule has 1 N–H and O–H groups in total. The quantitative estimate of drug-likeness (QED) is 0.905. The van der Waals surface area contributed by atoms with Crippen LogP contribution in [0.15, 0.2) is 18.2 Å². The van der Waals surface area contributed by atoms with Crippen molar-refractivity contribution in [3.8, 4) is 6.07 Å². The number of hydrogen-bond acceptors (Lipinski definition) is 4. The maximum atomic E-state index is 13.3. The molecule has 1 unspecified atom stereocenters. The molecule has 1 aliphatic rings. The van der Waals surface area contributed by atoms with Crippen LogP contribution in [0.4, 0.5) is 10.1 Å². The van der Waals surface area contributed by atoms with Crippen LogP contribution in [0.1, 0.15) is 18.4 Å². The van der Waals surface area contributed by atoms with Crippen molar-refractivity contribution in [1.82, 2.24) is 0 Å². The lowest BCUT2D eigenvalue weighted by molar-refractivity contribution is 0.591. The smallest absolute Gasteiger partial charge is 0.154 e. The SMILES string of the molecule is N#Cc1c(F)cccc1NCC1CCCS1(=O)=O. The van der Waals surface area contributed by atoms with Crippen molar-refractivity contribution in [2.45, 2.75) is 18.1 Å². The van der Waals surface area contributed by atoms with Gasteiger partial charge in [-0.1, -0.05) is 6.07 Å². The summed E-state index contributed by atoms with van der Waals surface area (Å²) in [4.78, 5) is 0. The van der Waals surface area contributed by atoms with E-state index in [0.29, 0.717) is 18.5 Å². The number of rotatable bonds is 3. The van der Waals surface area contributed by atoms with Crippen molar-refractivity contribution in [3.05, 3.63) is 29.6 Å². The van der Waals surface area contributed by atoms with Gasteiger partial charge in [-0.15, -0.1) is 0 Å². The van der Waals surface area contributed by atoms with Crippen LogP contribution in [0.5, 0.6) is 0 Å². The maximum Gasteiger partial charge on any atom is 0.154 e. The van der Waals surface area contributed by atoms with Crippen LogP contribution < -0.4 is 5.32 Å². The Morgan fingerprint density at radius 1 is 1.50 bits per heavy atom. The summed E-state index contributed by atoms with van der Waals surface area (Å²) in [6.07, 6.45) is 1.29. The van der Waals surface area contributed by atoms with Gasteiger partial charge in [0.1, 0.15) is 17.4 Å². The minimum atomic E-state index is -3.03. The summed E-state index contributed by atoms with van der Waals surface area (Å²) in [5.41, 5.74) is 0.271. The third kappa shape index (κ3) is 2.46. The minimum Gasteiger partial charge on any atom is -0.383 e. The van der Waals surface area contributed by atoms with Gasteiger partial charge in [0.15, 0.2) is 9.84 Å². The summed E-state index contributed by atoms with van der Waals surface area (Å²) in [6.45, 7) is 0.223. The minimum absolute atomic E-state index is 0.0760. The van der Waals surface area contributed by atoms with Gasteiger partial charge in [0.05, 0.1) is 16.7 Å². The van der Waals surface area contributed by atoms with Crippen molar-refractivity contribution in [3.63, 3.8) is 0 Å². The lowest BCUT2D eigenvalue weighted by Crippen LogP contribution is -2.25. The van der Waals surface area contributed by atoms with Crippen LogP contribution in [-0.4, -0.2) is 26.0 Å². The second kappa shape index (κ2) is 4.94. The van der Waals surface area contributed by atoms with E-state index in [9.17, 15) is 12.8 Å². The molecule has 1 fully saturated rings. The van der Waals surface area contributed by atoms with E-state index in [1.165, 1.54) is 12.1 Å². The number of sulfone groups is 1. The molecule has 18 heavy (non-hydrogen) atoms. The van der Waals surface area contributed by atoms with Crippen LogP contribution in [0.25, 0.3) is 0 Å². The van der Waals surface area contributed by atoms with Gasteiger partial charge in [-0.2, -0.15) is 5.26 Å². The predicted molar refractivity (Wildman–Crippen MR) is 66.4 cm³/mol. The molecule has 0 amide bonds. The fourth-order valence-electron chi connectivity index (χ4n) is 2.10. The van der Waals surface area contributed by atoms with Crippen LogP contribution in [0.2, 0.25) is 0 Å². The molecule has 0 aromatic heterocycles. The summed E-state index contributed by atoms with van der Waals surface area (Å²) in [5.74, 6) is -0.384. The molecule has 2 rings (SSSR count). The summed E-state index contributed by atoms with van der Waals surface area (Å²) in [5, 5.41) is 11.3. The van der Waals surface area contributed by atoms with Gasteiger partial charge in [0, 0.05) is 6.54 Å². The molecule has 1 saturated heterocycles. The van der Waals surface area contributed by atoms with Gasteiger partial charge < -0.3 is 5.32 Å². The lowest BCUT2D eigenvalue weighted by atomic mass is 10.1. The zero-order valence-corrected chi connectivity index (χ0v) is 10.5. The highest BCUT2D eigenvalue weighted by Crippen LogP contribution is 2.22. The molecule has 0 spiro atoms. The zero-order valence-electron chi connectivity index (χ0n) is 9.69. The molecule has 96 valence electrons. The summed E-state index contributed by atoms with van der Waals surface area (Å²) in [6, 6.07) is 6.04. The molecular weight excluding hydrogens is 255 g/mol. The van der Waals surface area contributed by atoms with E-state index < -0.39 is 20.9 Å². The van der Waals surface area contributed by atoms with Gasteiger partial charge in [-0.05, 0) is 25.0 Å². The zero-order chi connectivity index (χ0) is 13.2. The van der Waals surface area contributed by atoms with E-state index in [4.69, 9.17) is 5.26 Å². The van der Waals surface area contributed by atoms with Gasteiger partial charge in [0.25, 0.3) is 0 Å². The Balaban J connectivity index is 2.12. The van der Waals surface area contributed by atoms with E-state index >= 15 is 0 Å². The first-order valence-corrected chi connectivity index (χ1v) is 7.40. The molecule has 1 aliphatic heterocycles. The van der Waals surface area contributed by atoms with Crippen LogP contribution >= 0.6 is 0 Å². The van der Waals surface area contributed by atoms with E-state index in [2.05, 4.69) is 5.32 Å². The standard InChI is InChI=1S/C12H13FN2O2S/c13-11-4-1-5-12(10(11)7-14)15-8-9-3-2-6-18(9,16)17/h1,4-5,9,15H,2-3,6,8H2. The van der Waals surface area contributed by atoms with E-state index in [-0.39, 0.29) is 17.9 Å². The Morgan fingerprint density at radius 2 is 2.28 bits per heavy atom. The highest BCUT2D eigenvalue weighted by molar-refractivity contribution is 7.92. The molecule has 0 bridgehead atoms. The first-order chi connectivity index (χ1) is 8.54. The summed E-state index contributed by atoms with van der Waals surface area (Å²) < 4.78 is 36.6. The largest absolute Gasteiger partial charge is 0.383 e. The van der Waals surface area contributed by atoms with Gasteiger partial charge in [0.2, 0.25) is 0 Å². The third-order valence-electron chi connectivity index (χ3n) is 3.11. The Kier molecular flexibility index (Phi) is 3.53. The number of benzene rings is 1. The molecule has 0 saturated carbocycles. The molecule has 1 aromatic carbocycles. The Hall–Kier alpha value is -1.61. The maximum absolute atomic E-state index is 13.3. The highest BCUT2D eigenvalue weighted by atomic mass is 32.2. The summed E-state index contributed by atoms with van der Waals surface area (Å²) in [7, 11) is -3.03. The molecule has 0 radical (unpaired) electrons. The lowest BCUT2D eigenvalue weighted by Gasteiger charge is -2.13. The molecular formula is C12H13FN2O2S. The molecule has 1 aromatic rings. The number of nitrogens with one attached hydrogen (secondary N) is 1. The predicted octanol–water partition coefficient (Wildman–Crippen LogP) is 1.69. The Bertz CT molecular complexity index is 593. The van der Waals surface area contributed by atoms with Crippen LogP contribution in [0.3, 0.4) is 0 Å². The first-order valence-electron chi connectivity index (χ1n) is 5.68. The number of hydrogen-bond donors (Lipinski definition) is 1. The second-order valence-electron chi connectivity index (χ2n) is 4.29. The van der Waals surface area contributed by atoms with Gasteiger partial charge >= 0.3 is 0 Å². The van der Waals surface area contributed by atoms with Gasteiger partial charge in [-0.3, -0.25) is 0 Å². The van der Waals surface area contributed by atoms with Gasteiger partial charge in [-0.25, -0.2) is 12.8 Å². The second-order valence-corrected chi connectivity index (χ2v) is 6.69. The molecule has 6 heteroatoms. The Morgan fingerprint density at radius 3 is 2.89 bits per heavy atom. The molecule has 1 heterocycles. The van der Waals surface area contributed by atoms with Crippen LogP contribution in [-0.2, 0) is 9.84 Å². The highest BCUT2D eigenvalue weighted by Gasteiger charge is 2.31. The number of nitrogens with zero attached hydrogens (tertiary/aromatic N) is 1. The fraction of sp³-hybridized carbons (Fsp3) is 0.417. The fourth-order valence-corrected chi connectivity index (χ4v) is 3.86. The van der Waals surface area contributed by atoms with Crippen molar-refractivity contribution < 1.29 is 12.8 Å². The van der Waals surface area contributed by atoms with Crippen LogP contribution in [0, 0.1) is 17.1 Å². The molecule has 1 atom stereocenters. The third-order valence-corrected chi connectivity index (χ3v) is 5.38. The molecule has 0 aliphatic carbocycles. The van der Waals surface area contributed by atoms with Crippen molar-refractivity contribution in [1.29, 1.82) is 5.26 Å². The average molecular weight is 268 g/mol.